The summed E-state index contributed by atoms with van der Waals surface area (Å²) in [5.74, 6) is -0.259. The number of hydrogen-bond acceptors (Lipinski definition) is 5. The lowest BCUT2D eigenvalue weighted by atomic mass is 9.93. The summed E-state index contributed by atoms with van der Waals surface area (Å²) < 4.78 is 0. The van der Waals surface area contributed by atoms with Gasteiger partial charge in [0.05, 0.1) is 12.1 Å². The Morgan fingerprint density at radius 1 is 0.895 bits per heavy atom. The molecule has 1 aliphatic rings. The summed E-state index contributed by atoms with van der Waals surface area (Å²) in [6, 6.07) is 26.7. The highest BCUT2D eigenvalue weighted by Gasteiger charge is 2.35. The molecule has 0 radical (unpaired) electrons. The summed E-state index contributed by atoms with van der Waals surface area (Å²) in [5.41, 5.74) is 10.6. The second kappa shape index (κ2) is 11.6. The standard InChI is InChI=1S/C31H35N5O2/c1-34(22-23-10-4-2-5-11-23)29(37)20-27(32)31(38)30(26-21-33-28-15-9-8-14-25(26)28)36-18-16-35(17-19-36)24-12-6-3-7-13-24/h2-15,21,27,30,33H,16-20,22,32H2,1H3. The topological polar surface area (TPSA) is 85.7 Å². The molecular formula is C31H35N5O2. The molecule has 7 nitrogen and oxygen atoms in total. The van der Waals surface area contributed by atoms with E-state index >= 15 is 0 Å². The Bertz CT molecular complexity index is 1360. The molecule has 1 saturated heterocycles. The van der Waals surface area contributed by atoms with E-state index in [1.165, 1.54) is 5.69 Å². The number of fused-ring (bicyclic) bond motifs is 1. The molecule has 3 aromatic carbocycles. The lowest BCUT2D eigenvalue weighted by molar-refractivity contribution is -0.134. The van der Waals surface area contributed by atoms with E-state index in [4.69, 9.17) is 5.73 Å². The molecule has 1 aromatic heterocycles. The number of piperazine rings is 1. The van der Waals surface area contributed by atoms with Crippen molar-refractivity contribution in [3.05, 3.63) is 102 Å². The van der Waals surface area contributed by atoms with Gasteiger partial charge in [-0.05, 0) is 23.8 Å². The highest BCUT2D eigenvalue weighted by molar-refractivity contribution is 5.97. The van der Waals surface area contributed by atoms with Crippen molar-refractivity contribution >= 4 is 28.3 Å². The maximum atomic E-state index is 14.0. The quantitative estimate of drug-likeness (QED) is 0.357. The van der Waals surface area contributed by atoms with Crippen molar-refractivity contribution in [3.63, 3.8) is 0 Å². The molecule has 38 heavy (non-hydrogen) atoms. The minimum atomic E-state index is -0.897. The van der Waals surface area contributed by atoms with Crippen LogP contribution in [0.5, 0.6) is 0 Å². The van der Waals surface area contributed by atoms with Crippen molar-refractivity contribution in [2.24, 2.45) is 5.73 Å². The SMILES string of the molecule is CN(Cc1ccccc1)C(=O)CC(N)C(=O)C(c1c[nH]c2ccccc12)N1CCN(c2ccccc2)CC1. The molecule has 2 heterocycles. The molecule has 0 bridgehead atoms. The predicted molar refractivity (Wildman–Crippen MR) is 152 cm³/mol. The molecule has 1 amide bonds. The second-order valence-corrected chi connectivity index (χ2v) is 10.00. The van der Waals surface area contributed by atoms with E-state index in [0.29, 0.717) is 6.54 Å². The number of nitrogens with zero attached hydrogens (tertiary/aromatic N) is 3. The number of carbonyl (C=O) groups is 2. The highest BCUT2D eigenvalue weighted by Crippen LogP contribution is 2.31. The predicted octanol–water partition coefficient (Wildman–Crippen LogP) is 3.98. The van der Waals surface area contributed by atoms with Gasteiger partial charge in [-0.25, -0.2) is 0 Å². The molecule has 0 spiro atoms. The van der Waals surface area contributed by atoms with Gasteiger partial charge in [0.25, 0.3) is 0 Å². The molecule has 3 N–H and O–H groups in total. The van der Waals surface area contributed by atoms with Crippen LogP contribution >= 0.6 is 0 Å². The molecular weight excluding hydrogens is 474 g/mol. The Labute approximate surface area is 223 Å². The van der Waals surface area contributed by atoms with Crippen LogP contribution in [0.4, 0.5) is 5.69 Å². The fraction of sp³-hybridized carbons (Fsp3) is 0.290. The van der Waals surface area contributed by atoms with E-state index in [2.05, 4.69) is 26.9 Å². The van der Waals surface area contributed by atoms with Crippen LogP contribution in [0.2, 0.25) is 0 Å². The number of anilines is 1. The van der Waals surface area contributed by atoms with Crippen LogP contribution in [0.25, 0.3) is 10.9 Å². The Hall–Kier alpha value is -3.94. The number of Topliss-reactive ketones (excluding diaryl/α,β-unsaturated/α-hetero) is 1. The Morgan fingerprint density at radius 3 is 2.24 bits per heavy atom. The van der Waals surface area contributed by atoms with Crippen LogP contribution in [0.15, 0.2) is 91.1 Å². The maximum Gasteiger partial charge on any atom is 0.224 e. The largest absolute Gasteiger partial charge is 0.369 e. The molecule has 2 atom stereocenters. The van der Waals surface area contributed by atoms with Gasteiger partial charge in [-0.1, -0.05) is 66.7 Å². The van der Waals surface area contributed by atoms with Crippen molar-refractivity contribution in [1.82, 2.24) is 14.8 Å². The highest BCUT2D eigenvalue weighted by atomic mass is 16.2. The zero-order chi connectivity index (χ0) is 26.5. The zero-order valence-corrected chi connectivity index (χ0v) is 21.8. The molecule has 1 aliphatic heterocycles. The number of hydrogen-bond donors (Lipinski definition) is 2. The molecule has 4 aromatic rings. The van der Waals surface area contributed by atoms with E-state index in [-0.39, 0.29) is 18.1 Å². The average Bonchev–Trinajstić information content (AvgIpc) is 3.38. The fourth-order valence-corrected chi connectivity index (χ4v) is 5.32. The summed E-state index contributed by atoms with van der Waals surface area (Å²) in [6.45, 7) is 3.54. The fourth-order valence-electron chi connectivity index (χ4n) is 5.32. The number of ketones is 1. The number of nitrogens with two attached hydrogens (primary N) is 1. The number of benzene rings is 3. The van der Waals surface area contributed by atoms with Crippen molar-refractivity contribution in [3.8, 4) is 0 Å². The van der Waals surface area contributed by atoms with Crippen molar-refractivity contribution in [2.45, 2.75) is 25.0 Å². The van der Waals surface area contributed by atoms with Crippen LogP contribution in [-0.2, 0) is 16.1 Å². The number of carbonyl (C=O) groups excluding carboxylic acids is 2. The molecule has 2 unspecified atom stereocenters. The summed E-state index contributed by atoms with van der Waals surface area (Å²) in [7, 11) is 1.76. The van der Waals surface area contributed by atoms with Crippen molar-refractivity contribution in [2.75, 3.05) is 38.1 Å². The van der Waals surface area contributed by atoms with E-state index in [1.54, 1.807) is 11.9 Å². The van der Waals surface area contributed by atoms with Gasteiger partial charge in [0.15, 0.2) is 5.78 Å². The average molecular weight is 510 g/mol. The summed E-state index contributed by atoms with van der Waals surface area (Å²) in [5, 5.41) is 1.01. The lowest BCUT2D eigenvalue weighted by Gasteiger charge is -2.40. The minimum absolute atomic E-state index is 0.0228. The van der Waals surface area contributed by atoms with Gasteiger partial charge in [0.2, 0.25) is 5.91 Å². The Balaban J connectivity index is 1.33. The van der Waals surface area contributed by atoms with Gasteiger partial charge in [0.1, 0.15) is 0 Å². The Morgan fingerprint density at radius 2 is 1.53 bits per heavy atom. The first-order valence-electron chi connectivity index (χ1n) is 13.2. The van der Waals surface area contributed by atoms with Gasteiger partial charge < -0.3 is 20.5 Å². The number of amides is 1. The molecule has 196 valence electrons. The van der Waals surface area contributed by atoms with E-state index in [0.717, 1.165) is 48.2 Å². The minimum Gasteiger partial charge on any atom is -0.369 e. The van der Waals surface area contributed by atoms with E-state index in [1.807, 2.05) is 79.0 Å². The number of nitrogens with one attached hydrogen (secondary N) is 1. The zero-order valence-electron chi connectivity index (χ0n) is 21.8. The number of H-pyrrole nitrogens is 1. The summed E-state index contributed by atoms with van der Waals surface area (Å²) in [4.78, 5) is 36.5. The van der Waals surface area contributed by atoms with Crippen molar-refractivity contribution in [1.29, 1.82) is 0 Å². The first kappa shape index (κ1) is 25.7. The first-order chi connectivity index (χ1) is 18.5. The third-order valence-electron chi connectivity index (χ3n) is 7.43. The maximum absolute atomic E-state index is 14.0. The molecule has 0 saturated carbocycles. The van der Waals surface area contributed by atoms with Gasteiger partial charge in [0, 0.05) is 74.5 Å². The van der Waals surface area contributed by atoms with Crippen LogP contribution in [0.1, 0.15) is 23.6 Å². The van der Waals surface area contributed by atoms with Gasteiger partial charge in [-0.3, -0.25) is 14.5 Å². The lowest BCUT2D eigenvalue weighted by Crippen LogP contribution is -2.52. The smallest absolute Gasteiger partial charge is 0.224 e. The molecule has 0 aliphatic carbocycles. The molecule has 1 fully saturated rings. The molecule has 5 rings (SSSR count). The first-order valence-corrected chi connectivity index (χ1v) is 13.2. The van der Waals surface area contributed by atoms with Gasteiger partial charge in [-0.2, -0.15) is 0 Å². The number of para-hydroxylation sites is 2. The normalized spacial score (nSPS) is 15.8. The number of rotatable bonds is 9. The van der Waals surface area contributed by atoms with Crippen LogP contribution in [-0.4, -0.2) is 65.7 Å². The van der Waals surface area contributed by atoms with Gasteiger partial charge >= 0.3 is 0 Å². The van der Waals surface area contributed by atoms with Crippen LogP contribution < -0.4 is 10.6 Å². The summed E-state index contributed by atoms with van der Waals surface area (Å²) >= 11 is 0. The van der Waals surface area contributed by atoms with Gasteiger partial charge in [-0.15, -0.1) is 0 Å². The third-order valence-corrected chi connectivity index (χ3v) is 7.43. The van der Waals surface area contributed by atoms with Crippen molar-refractivity contribution < 1.29 is 9.59 Å². The molecule has 7 heteroatoms. The number of aromatic amines is 1. The van der Waals surface area contributed by atoms with E-state index in [9.17, 15) is 9.59 Å². The van der Waals surface area contributed by atoms with E-state index < -0.39 is 12.1 Å². The third kappa shape index (κ3) is 5.64. The van der Waals surface area contributed by atoms with Crippen LogP contribution in [0, 0.1) is 0 Å². The van der Waals surface area contributed by atoms with Crippen LogP contribution in [0.3, 0.4) is 0 Å². The second-order valence-electron chi connectivity index (χ2n) is 10.00. The Kier molecular flexibility index (Phi) is 7.86. The monoisotopic (exact) mass is 509 g/mol. The summed E-state index contributed by atoms with van der Waals surface area (Å²) in [6.07, 6.45) is 1.90. The number of aromatic nitrogens is 1.